The summed E-state index contributed by atoms with van der Waals surface area (Å²) in [6.45, 7) is 2.70. The van der Waals surface area contributed by atoms with Gasteiger partial charge in [0.2, 0.25) is 0 Å². The molecule has 1 N–H and O–H groups in total. The van der Waals surface area contributed by atoms with Gasteiger partial charge in [-0.1, -0.05) is 6.07 Å². The molecule has 1 aliphatic rings. The molecule has 0 saturated carbocycles. The summed E-state index contributed by atoms with van der Waals surface area (Å²) in [4.78, 5) is 13.8. The fourth-order valence-corrected chi connectivity index (χ4v) is 2.08. The molecule has 0 aromatic heterocycles. The van der Waals surface area contributed by atoms with Crippen LogP contribution in [-0.4, -0.2) is 54.4 Å². The fraction of sp³-hybridized carbons (Fsp3) is 0.500. The Morgan fingerprint density at radius 2 is 2.45 bits per heavy atom. The first-order valence-electron chi connectivity index (χ1n) is 6.53. The van der Waals surface area contributed by atoms with E-state index in [1.165, 1.54) is 18.2 Å². The van der Waals surface area contributed by atoms with Crippen molar-refractivity contribution in [3.8, 4) is 5.75 Å². The van der Waals surface area contributed by atoms with Gasteiger partial charge in [0.05, 0.1) is 19.3 Å². The van der Waals surface area contributed by atoms with Crippen molar-refractivity contribution in [2.75, 3.05) is 26.3 Å². The van der Waals surface area contributed by atoms with Gasteiger partial charge in [0, 0.05) is 19.2 Å². The number of rotatable bonds is 4. The molecular formula is C14H18FNO4. The average Bonchev–Trinajstić information content (AvgIpc) is 2.46. The molecular weight excluding hydrogens is 265 g/mol. The van der Waals surface area contributed by atoms with Crippen LogP contribution in [0.1, 0.15) is 6.92 Å². The van der Waals surface area contributed by atoms with Crippen molar-refractivity contribution in [3.05, 3.63) is 30.1 Å². The minimum Gasteiger partial charge on any atom is -0.481 e. The summed E-state index contributed by atoms with van der Waals surface area (Å²) in [5.41, 5.74) is 0. The lowest BCUT2D eigenvalue weighted by Crippen LogP contribution is -2.50. The Labute approximate surface area is 116 Å². The quantitative estimate of drug-likeness (QED) is 0.888. The van der Waals surface area contributed by atoms with Crippen LogP contribution in [0.5, 0.6) is 5.75 Å². The predicted octanol–water partition coefficient (Wildman–Crippen LogP) is 0.813. The molecule has 1 aromatic rings. The molecule has 0 bridgehead atoms. The molecule has 110 valence electrons. The number of carbonyl (C=O) groups excluding carboxylic acids is 1. The lowest BCUT2D eigenvalue weighted by molar-refractivity contribution is -0.146. The Balaban J connectivity index is 1.94. The highest BCUT2D eigenvalue weighted by Gasteiger charge is 2.27. The Morgan fingerprint density at radius 1 is 1.65 bits per heavy atom. The van der Waals surface area contributed by atoms with Gasteiger partial charge < -0.3 is 19.5 Å². The average molecular weight is 283 g/mol. The predicted molar refractivity (Wildman–Crippen MR) is 69.9 cm³/mol. The first kappa shape index (κ1) is 14.7. The monoisotopic (exact) mass is 283 g/mol. The molecule has 2 rings (SSSR count). The number of morpholine rings is 1. The summed E-state index contributed by atoms with van der Waals surface area (Å²) in [6.07, 6.45) is -1.07. The van der Waals surface area contributed by atoms with Crippen LogP contribution >= 0.6 is 0 Å². The van der Waals surface area contributed by atoms with Crippen molar-refractivity contribution in [2.24, 2.45) is 0 Å². The number of ether oxygens (including phenoxy) is 2. The van der Waals surface area contributed by atoms with E-state index >= 15 is 0 Å². The third-order valence-corrected chi connectivity index (χ3v) is 3.11. The van der Waals surface area contributed by atoms with Gasteiger partial charge in [-0.15, -0.1) is 0 Å². The van der Waals surface area contributed by atoms with Crippen LogP contribution in [0.4, 0.5) is 4.39 Å². The molecule has 1 aliphatic heterocycles. The number of aliphatic hydroxyl groups excluding tert-OH is 1. The Morgan fingerprint density at radius 3 is 3.15 bits per heavy atom. The number of aliphatic hydroxyl groups is 1. The summed E-state index contributed by atoms with van der Waals surface area (Å²) in [5.74, 6) is -0.289. The van der Waals surface area contributed by atoms with Crippen molar-refractivity contribution in [2.45, 2.75) is 19.1 Å². The first-order valence-corrected chi connectivity index (χ1v) is 6.53. The zero-order chi connectivity index (χ0) is 14.5. The molecule has 2 unspecified atom stereocenters. The Kier molecular flexibility index (Phi) is 4.92. The van der Waals surface area contributed by atoms with E-state index in [0.29, 0.717) is 25.4 Å². The highest BCUT2D eigenvalue weighted by molar-refractivity contribution is 5.81. The fourth-order valence-electron chi connectivity index (χ4n) is 2.08. The second kappa shape index (κ2) is 6.67. The highest BCUT2D eigenvalue weighted by Crippen LogP contribution is 2.15. The Hall–Kier alpha value is -1.66. The number of amides is 1. The molecule has 6 heteroatoms. The Bertz CT molecular complexity index is 468. The van der Waals surface area contributed by atoms with E-state index in [0.717, 1.165) is 0 Å². The van der Waals surface area contributed by atoms with E-state index in [2.05, 4.69) is 0 Å². The number of nitrogens with zero attached hydrogens (tertiary/aromatic N) is 1. The van der Waals surface area contributed by atoms with Gasteiger partial charge in [0.15, 0.2) is 6.10 Å². The van der Waals surface area contributed by atoms with E-state index < -0.39 is 11.9 Å². The van der Waals surface area contributed by atoms with Crippen molar-refractivity contribution < 1.29 is 23.8 Å². The number of benzene rings is 1. The molecule has 0 aliphatic carbocycles. The molecule has 5 nitrogen and oxygen atoms in total. The highest BCUT2D eigenvalue weighted by atomic mass is 19.1. The number of carbonyl (C=O) groups is 1. The maximum Gasteiger partial charge on any atom is 0.263 e. The topological polar surface area (TPSA) is 59.0 Å². The molecule has 20 heavy (non-hydrogen) atoms. The molecule has 1 amide bonds. The van der Waals surface area contributed by atoms with E-state index in [9.17, 15) is 9.18 Å². The second-order valence-corrected chi connectivity index (χ2v) is 4.68. The van der Waals surface area contributed by atoms with Crippen molar-refractivity contribution in [1.29, 1.82) is 0 Å². The third kappa shape index (κ3) is 3.68. The van der Waals surface area contributed by atoms with Gasteiger partial charge in [-0.05, 0) is 19.1 Å². The molecule has 1 saturated heterocycles. The van der Waals surface area contributed by atoms with Crippen molar-refractivity contribution in [1.82, 2.24) is 4.90 Å². The maximum absolute atomic E-state index is 13.1. The zero-order valence-electron chi connectivity index (χ0n) is 11.3. The van der Waals surface area contributed by atoms with Crippen LogP contribution < -0.4 is 4.74 Å². The first-order chi connectivity index (χ1) is 9.60. The second-order valence-electron chi connectivity index (χ2n) is 4.68. The van der Waals surface area contributed by atoms with E-state index in [1.54, 1.807) is 17.9 Å². The third-order valence-electron chi connectivity index (χ3n) is 3.11. The minimum absolute atomic E-state index is 0.122. The van der Waals surface area contributed by atoms with Gasteiger partial charge in [0.25, 0.3) is 5.91 Å². The number of hydrogen-bond acceptors (Lipinski definition) is 4. The summed E-state index contributed by atoms with van der Waals surface area (Å²) in [7, 11) is 0. The van der Waals surface area contributed by atoms with E-state index in [1.807, 2.05) is 0 Å². The van der Waals surface area contributed by atoms with E-state index in [-0.39, 0.29) is 18.6 Å². The lowest BCUT2D eigenvalue weighted by Gasteiger charge is -2.33. The zero-order valence-corrected chi connectivity index (χ0v) is 11.3. The molecule has 1 heterocycles. The molecule has 1 fully saturated rings. The van der Waals surface area contributed by atoms with Crippen molar-refractivity contribution >= 4 is 5.91 Å². The van der Waals surface area contributed by atoms with Crippen LogP contribution in [0.25, 0.3) is 0 Å². The molecule has 1 aromatic carbocycles. The maximum atomic E-state index is 13.1. The largest absolute Gasteiger partial charge is 0.481 e. The number of halogens is 1. The van der Waals surface area contributed by atoms with Gasteiger partial charge in [-0.2, -0.15) is 0 Å². The van der Waals surface area contributed by atoms with Crippen LogP contribution in [0.15, 0.2) is 24.3 Å². The van der Waals surface area contributed by atoms with Crippen LogP contribution in [0.3, 0.4) is 0 Å². The van der Waals surface area contributed by atoms with Gasteiger partial charge in [-0.3, -0.25) is 4.79 Å². The van der Waals surface area contributed by atoms with Crippen LogP contribution in [-0.2, 0) is 9.53 Å². The molecule has 0 spiro atoms. The molecule has 0 radical (unpaired) electrons. The summed E-state index contributed by atoms with van der Waals surface area (Å²) in [6, 6.07) is 5.67. The number of hydrogen-bond donors (Lipinski definition) is 1. The summed E-state index contributed by atoms with van der Waals surface area (Å²) in [5, 5.41) is 9.06. The van der Waals surface area contributed by atoms with Gasteiger partial charge >= 0.3 is 0 Å². The van der Waals surface area contributed by atoms with E-state index in [4.69, 9.17) is 14.6 Å². The smallest absolute Gasteiger partial charge is 0.263 e. The lowest BCUT2D eigenvalue weighted by atomic mass is 10.2. The minimum atomic E-state index is -0.714. The molecule has 2 atom stereocenters. The van der Waals surface area contributed by atoms with Gasteiger partial charge in [-0.25, -0.2) is 4.39 Å². The summed E-state index contributed by atoms with van der Waals surface area (Å²) >= 11 is 0. The standard InChI is InChI=1S/C14H18FNO4/c1-10(20-12-4-2-3-11(15)7-12)14(18)16-5-6-19-13(8-16)9-17/h2-4,7,10,13,17H,5-6,8-9H2,1H3. The van der Waals surface area contributed by atoms with Crippen LogP contribution in [0, 0.1) is 5.82 Å². The summed E-state index contributed by atoms with van der Waals surface area (Å²) < 4.78 is 23.8. The van der Waals surface area contributed by atoms with Crippen LogP contribution in [0.2, 0.25) is 0 Å². The normalized spacial score (nSPS) is 20.6. The van der Waals surface area contributed by atoms with Gasteiger partial charge in [0.1, 0.15) is 11.6 Å². The SMILES string of the molecule is CC(Oc1cccc(F)c1)C(=O)N1CCOC(CO)C1. The van der Waals surface area contributed by atoms with Crippen molar-refractivity contribution in [3.63, 3.8) is 0 Å².